The third-order valence-corrected chi connectivity index (χ3v) is 6.45. The SMILES string of the molecule is CCC(CC)(c1ccc(C=O)cc1Br)P(=O)(OF)OF. The Bertz CT molecular complexity index is 526. The van der Waals surface area contributed by atoms with E-state index in [1.165, 1.54) is 18.2 Å². The lowest BCUT2D eigenvalue weighted by atomic mass is 9.92. The summed E-state index contributed by atoms with van der Waals surface area (Å²) in [5.41, 5.74) is 0.727. The van der Waals surface area contributed by atoms with Crippen molar-refractivity contribution in [1.82, 2.24) is 0 Å². The van der Waals surface area contributed by atoms with Crippen LogP contribution >= 0.6 is 23.5 Å². The Labute approximate surface area is 123 Å². The minimum atomic E-state index is -4.65. The molecule has 0 saturated carbocycles. The van der Waals surface area contributed by atoms with Crippen LogP contribution in [0.3, 0.4) is 0 Å². The van der Waals surface area contributed by atoms with Gasteiger partial charge < -0.3 is 0 Å². The largest absolute Gasteiger partial charge is 0.404 e. The maximum Gasteiger partial charge on any atom is 0.404 e. The molecule has 0 N–H and O–H groups in total. The first-order valence-corrected chi connectivity index (χ1v) is 8.24. The Hall–Kier alpha value is -0.620. The molecule has 0 atom stereocenters. The first-order chi connectivity index (χ1) is 9.44. The molecule has 1 aromatic carbocycles. The summed E-state index contributed by atoms with van der Waals surface area (Å²) < 4.78 is 44.7. The van der Waals surface area contributed by atoms with Crippen molar-refractivity contribution in [2.24, 2.45) is 0 Å². The van der Waals surface area contributed by atoms with E-state index >= 15 is 0 Å². The number of carbonyl (C=O) groups excluding carboxylic acids is 1. The van der Waals surface area contributed by atoms with Gasteiger partial charge in [-0.15, -0.1) is 9.46 Å². The van der Waals surface area contributed by atoms with E-state index in [0.717, 1.165) is 0 Å². The molecular weight excluding hydrogens is 357 g/mol. The Morgan fingerprint density at radius 3 is 2.20 bits per heavy atom. The van der Waals surface area contributed by atoms with Crippen LogP contribution in [0, 0.1) is 0 Å². The molecule has 0 aliphatic rings. The lowest BCUT2D eigenvalue weighted by molar-refractivity contribution is -0.0961. The second kappa shape index (κ2) is 6.89. The number of hydrogen-bond donors (Lipinski definition) is 0. The zero-order valence-corrected chi connectivity index (χ0v) is 13.4. The van der Waals surface area contributed by atoms with Crippen LogP contribution in [0.4, 0.5) is 9.05 Å². The van der Waals surface area contributed by atoms with Gasteiger partial charge in [0, 0.05) is 10.0 Å². The molecule has 0 saturated heterocycles. The lowest BCUT2D eigenvalue weighted by Gasteiger charge is -2.34. The molecule has 0 amide bonds. The van der Waals surface area contributed by atoms with Gasteiger partial charge in [-0.3, -0.25) is 9.36 Å². The van der Waals surface area contributed by atoms with E-state index in [9.17, 15) is 18.4 Å². The predicted molar refractivity (Wildman–Crippen MR) is 73.8 cm³/mol. The molecule has 0 unspecified atom stereocenters. The van der Waals surface area contributed by atoms with Gasteiger partial charge in [-0.05, 0) is 33.5 Å². The normalized spacial score (nSPS) is 12.4. The summed E-state index contributed by atoms with van der Waals surface area (Å²) in [6.07, 6.45) is 0.867. The maximum atomic E-state index is 12.7. The number of carbonyl (C=O) groups is 1. The molecule has 0 fully saturated rings. The Kier molecular flexibility index (Phi) is 6.01. The summed E-state index contributed by atoms with van der Waals surface area (Å²) in [6, 6.07) is 4.42. The van der Waals surface area contributed by atoms with Gasteiger partial charge in [-0.2, -0.15) is 0 Å². The standard InChI is InChI=1S/C12H14BrF2O4P/c1-3-12(4-2,20(17,18-14)19-15)10-6-5-9(8-16)7-11(10)13/h5-8H,3-4H2,1-2H3. The number of rotatable bonds is 7. The molecule has 0 aliphatic carbocycles. The average Bonchev–Trinajstić information content (AvgIpc) is 2.49. The second-order valence-electron chi connectivity index (χ2n) is 4.23. The molecule has 1 aromatic rings. The quantitative estimate of drug-likeness (QED) is 0.484. The molecule has 0 bridgehead atoms. The Morgan fingerprint density at radius 1 is 1.30 bits per heavy atom. The molecule has 0 aliphatic heterocycles. The van der Waals surface area contributed by atoms with Crippen LogP contribution in [0.5, 0.6) is 0 Å². The van der Waals surface area contributed by atoms with E-state index in [1.54, 1.807) is 13.8 Å². The number of hydrogen-bond acceptors (Lipinski definition) is 4. The van der Waals surface area contributed by atoms with Gasteiger partial charge in [-0.1, -0.05) is 41.9 Å². The molecule has 0 radical (unpaired) electrons. The summed E-state index contributed by atoms with van der Waals surface area (Å²) in [5.74, 6) is 0. The average molecular weight is 371 g/mol. The van der Waals surface area contributed by atoms with Gasteiger partial charge >= 0.3 is 7.60 Å². The Balaban J connectivity index is 3.55. The monoisotopic (exact) mass is 370 g/mol. The lowest BCUT2D eigenvalue weighted by Crippen LogP contribution is -2.26. The molecule has 1 rings (SSSR count). The van der Waals surface area contributed by atoms with Gasteiger partial charge in [-0.25, -0.2) is 0 Å². The summed E-state index contributed by atoms with van der Waals surface area (Å²) in [5, 5.41) is -1.49. The van der Waals surface area contributed by atoms with Crippen LogP contribution < -0.4 is 0 Å². The zero-order chi connectivity index (χ0) is 15.4. The van der Waals surface area contributed by atoms with E-state index in [1.807, 2.05) is 0 Å². The third kappa shape index (κ3) is 2.72. The number of halogens is 3. The second-order valence-corrected chi connectivity index (χ2v) is 7.21. The van der Waals surface area contributed by atoms with Crippen LogP contribution in [0.1, 0.15) is 42.6 Å². The third-order valence-electron chi connectivity index (χ3n) is 3.51. The first-order valence-electron chi connectivity index (χ1n) is 5.90. The van der Waals surface area contributed by atoms with Crippen molar-refractivity contribution in [3.05, 3.63) is 33.8 Å². The van der Waals surface area contributed by atoms with Crippen molar-refractivity contribution in [3.63, 3.8) is 0 Å². The van der Waals surface area contributed by atoms with Gasteiger partial charge in [0.2, 0.25) is 0 Å². The highest BCUT2D eigenvalue weighted by Gasteiger charge is 2.53. The van der Waals surface area contributed by atoms with Gasteiger partial charge in [0.1, 0.15) is 11.4 Å². The van der Waals surface area contributed by atoms with Crippen molar-refractivity contribution < 1.29 is 27.9 Å². The highest BCUT2D eigenvalue weighted by Crippen LogP contribution is 2.69. The van der Waals surface area contributed by atoms with Crippen molar-refractivity contribution in [2.75, 3.05) is 0 Å². The molecule has 20 heavy (non-hydrogen) atoms. The van der Waals surface area contributed by atoms with E-state index < -0.39 is 12.8 Å². The van der Waals surface area contributed by atoms with Gasteiger partial charge in [0.25, 0.3) is 0 Å². The molecule has 0 aromatic heterocycles. The van der Waals surface area contributed by atoms with E-state index in [4.69, 9.17) is 0 Å². The fourth-order valence-electron chi connectivity index (χ4n) is 2.29. The van der Waals surface area contributed by atoms with Crippen molar-refractivity contribution in [1.29, 1.82) is 0 Å². The predicted octanol–water partition coefficient (Wildman–Crippen LogP) is 5.27. The number of aldehydes is 1. The topological polar surface area (TPSA) is 52.6 Å². The zero-order valence-electron chi connectivity index (χ0n) is 10.9. The molecule has 0 heterocycles. The van der Waals surface area contributed by atoms with Crippen molar-refractivity contribution >= 4 is 29.8 Å². The highest BCUT2D eigenvalue weighted by molar-refractivity contribution is 9.10. The van der Waals surface area contributed by atoms with Crippen LogP contribution in [0.2, 0.25) is 0 Å². The van der Waals surface area contributed by atoms with Gasteiger partial charge in [0.15, 0.2) is 0 Å². The van der Waals surface area contributed by atoms with Crippen molar-refractivity contribution in [3.8, 4) is 0 Å². The van der Waals surface area contributed by atoms with Crippen molar-refractivity contribution in [2.45, 2.75) is 31.8 Å². The smallest absolute Gasteiger partial charge is 0.298 e. The fraction of sp³-hybridized carbons (Fsp3) is 0.417. The summed E-state index contributed by atoms with van der Waals surface area (Å²) in [4.78, 5) is 10.7. The number of benzene rings is 1. The minimum Gasteiger partial charge on any atom is -0.298 e. The van der Waals surface area contributed by atoms with Crippen LogP contribution in [0.15, 0.2) is 22.7 Å². The van der Waals surface area contributed by atoms with Gasteiger partial charge in [0.05, 0.1) is 0 Å². The van der Waals surface area contributed by atoms with E-state index in [2.05, 4.69) is 25.4 Å². The minimum absolute atomic E-state index is 0.119. The van der Waals surface area contributed by atoms with E-state index in [0.29, 0.717) is 21.9 Å². The summed E-state index contributed by atoms with van der Waals surface area (Å²) in [6.45, 7) is 3.24. The fourth-order valence-corrected chi connectivity index (χ4v) is 4.77. The maximum absolute atomic E-state index is 12.7. The first kappa shape index (κ1) is 17.4. The van der Waals surface area contributed by atoms with E-state index in [-0.39, 0.29) is 12.8 Å². The Morgan fingerprint density at radius 2 is 1.85 bits per heavy atom. The molecule has 0 spiro atoms. The summed E-state index contributed by atoms with van der Waals surface area (Å²) in [7, 11) is -4.65. The van der Waals surface area contributed by atoms with Crippen LogP contribution in [-0.2, 0) is 19.2 Å². The van der Waals surface area contributed by atoms with Crippen LogP contribution in [-0.4, -0.2) is 6.29 Å². The highest BCUT2D eigenvalue weighted by atomic mass is 79.9. The molecular formula is C12H14BrF2O4P. The molecule has 112 valence electrons. The summed E-state index contributed by atoms with van der Waals surface area (Å²) >= 11 is 3.22. The molecule has 8 heteroatoms. The molecule has 4 nitrogen and oxygen atoms in total. The van der Waals surface area contributed by atoms with Crippen LogP contribution in [0.25, 0.3) is 0 Å².